The number of imide groups is 2. The SMILES string of the molecule is CC1CCCC1n1c(=O)c(C(F)F)cc2cnc(NC3CCN(C(=O)COCCOCCNc4cccc5c4C(=O)N(C4CCC(=O)NC4=O)C5=O)CC3)nc21. The van der Waals surface area contributed by atoms with Crippen LogP contribution in [0.25, 0.3) is 11.0 Å². The lowest BCUT2D eigenvalue weighted by molar-refractivity contribution is -0.138. The van der Waals surface area contributed by atoms with E-state index in [9.17, 15) is 37.5 Å². The molecule has 4 aliphatic rings. The lowest BCUT2D eigenvalue weighted by Crippen LogP contribution is -2.54. The Hall–Kier alpha value is -5.36. The predicted molar refractivity (Wildman–Crippen MR) is 197 cm³/mol. The number of rotatable bonds is 14. The van der Waals surface area contributed by atoms with Crippen LogP contribution in [0.15, 0.2) is 35.3 Å². The Labute approximate surface area is 320 Å². The Morgan fingerprint density at radius 1 is 1.00 bits per heavy atom. The van der Waals surface area contributed by atoms with Crippen molar-refractivity contribution in [2.75, 3.05) is 56.7 Å². The number of carbonyl (C=O) groups is 5. The molecular formula is C38H44F2N8O8. The number of pyridine rings is 1. The van der Waals surface area contributed by atoms with E-state index in [2.05, 4.69) is 25.9 Å². The molecule has 3 aliphatic heterocycles. The van der Waals surface area contributed by atoms with E-state index in [0.29, 0.717) is 55.1 Å². The van der Waals surface area contributed by atoms with Crippen LogP contribution in [0.2, 0.25) is 0 Å². The number of carbonyl (C=O) groups excluding carboxylic acids is 5. The molecule has 3 atom stereocenters. The van der Waals surface area contributed by atoms with E-state index < -0.39 is 47.2 Å². The summed E-state index contributed by atoms with van der Waals surface area (Å²) >= 11 is 0. The average Bonchev–Trinajstić information content (AvgIpc) is 3.71. The topological polar surface area (TPSA) is 194 Å². The molecule has 7 rings (SSSR count). The molecule has 3 unspecified atom stereocenters. The first kappa shape index (κ1) is 38.9. The molecule has 5 heterocycles. The van der Waals surface area contributed by atoms with Gasteiger partial charge in [-0.2, -0.15) is 4.98 Å². The molecule has 2 saturated heterocycles. The summed E-state index contributed by atoms with van der Waals surface area (Å²) in [7, 11) is 0. The van der Waals surface area contributed by atoms with Gasteiger partial charge in [-0.05, 0) is 56.2 Å². The van der Waals surface area contributed by atoms with Crippen molar-refractivity contribution in [1.82, 2.24) is 29.7 Å². The van der Waals surface area contributed by atoms with Gasteiger partial charge in [-0.15, -0.1) is 0 Å². The van der Waals surface area contributed by atoms with Gasteiger partial charge < -0.3 is 25.0 Å². The lowest BCUT2D eigenvalue weighted by atomic mass is 10.0. The molecule has 16 nitrogen and oxygen atoms in total. The molecule has 2 aromatic heterocycles. The van der Waals surface area contributed by atoms with Crippen molar-refractivity contribution in [3.63, 3.8) is 0 Å². The number of hydrogen-bond donors (Lipinski definition) is 3. The van der Waals surface area contributed by atoms with Crippen LogP contribution in [-0.2, 0) is 23.9 Å². The van der Waals surface area contributed by atoms with E-state index in [0.717, 1.165) is 24.2 Å². The molecular weight excluding hydrogens is 734 g/mol. The van der Waals surface area contributed by atoms with Crippen LogP contribution >= 0.6 is 0 Å². The smallest absolute Gasteiger partial charge is 0.269 e. The van der Waals surface area contributed by atoms with Gasteiger partial charge in [0, 0.05) is 55.4 Å². The minimum absolute atomic E-state index is 0.0369. The van der Waals surface area contributed by atoms with Crippen molar-refractivity contribution in [3.05, 3.63) is 57.5 Å². The molecule has 1 aliphatic carbocycles. The number of hydrogen-bond acceptors (Lipinski definition) is 12. The normalized spacial score (nSPS) is 21.6. The second kappa shape index (κ2) is 16.8. The Balaban J connectivity index is 0.822. The molecule has 298 valence electrons. The number of halogens is 2. The van der Waals surface area contributed by atoms with Gasteiger partial charge in [-0.3, -0.25) is 43.6 Å². The van der Waals surface area contributed by atoms with Crippen LogP contribution in [0.3, 0.4) is 0 Å². The van der Waals surface area contributed by atoms with E-state index in [1.807, 2.05) is 6.92 Å². The van der Waals surface area contributed by atoms with Gasteiger partial charge in [0.2, 0.25) is 23.7 Å². The highest BCUT2D eigenvalue weighted by Gasteiger charge is 2.45. The molecule has 0 spiro atoms. The van der Waals surface area contributed by atoms with E-state index in [-0.39, 0.29) is 74.3 Å². The molecule has 0 radical (unpaired) electrons. The Kier molecular flexibility index (Phi) is 11.7. The third-order valence-corrected chi connectivity index (χ3v) is 11.0. The Morgan fingerprint density at radius 2 is 1.79 bits per heavy atom. The number of amides is 5. The Morgan fingerprint density at radius 3 is 2.52 bits per heavy atom. The molecule has 3 fully saturated rings. The summed E-state index contributed by atoms with van der Waals surface area (Å²) in [6.45, 7) is 3.84. The summed E-state index contributed by atoms with van der Waals surface area (Å²) in [5, 5.41) is 8.99. The zero-order valence-corrected chi connectivity index (χ0v) is 30.9. The number of nitrogens with zero attached hydrogens (tertiary/aromatic N) is 5. The van der Waals surface area contributed by atoms with Crippen LogP contribution in [0.1, 0.15) is 90.6 Å². The first-order chi connectivity index (χ1) is 27.0. The van der Waals surface area contributed by atoms with Crippen molar-refractivity contribution in [1.29, 1.82) is 0 Å². The van der Waals surface area contributed by atoms with Crippen LogP contribution < -0.4 is 21.5 Å². The molecule has 56 heavy (non-hydrogen) atoms. The Bertz CT molecular complexity index is 2090. The highest BCUT2D eigenvalue weighted by molar-refractivity contribution is 6.25. The lowest BCUT2D eigenvalue weighted by Gasteiger charge is -2.32. The van der Waals surface area contributed by atoms with Gasteiger partial charge in [0.25, 0.3) is 23.8 Å². The van der Waals surface area contributed by atoms with Gasteiger partial charge in [0.15, 0.2) is 0 Å². The highest BCUT2D eigenvalue weighted by atomic mass is 19.3. The second-order valence-corrected chi connectivity index (χ2v) is 14.6. The monoisotopic (exact) mass is 778 g/mol. The van der Waals surface area contributed by atoms with Crippen LogP contribution in [0.4, 0.5) is 20.4 Å². The fourth-order valence-corrected chi connectivity index (χ4v) is 8.03. The van der Waals surface area contributed by atoms with Crippen molar-refractivity contribution in [2.24, 2.45) is 5.92 Å². The maximum absolute atomic E-state index is 13.8. The zero-order chi connectivity index (χ0) is 39.5. The summed E-state index contributed by atoms with van der Waals surface area (Å²) in [6, 6.07) is 4.71. The third-order valence-electron chi connectivity index (χ3n) is 11.0. The fourth-order valence-electron chi connectivity index (χ4n) is 8.03. The van der Waals surface area contributed by atoms with Gasteiger partial charge in [-0.25, -0.2) is 13.8 Å². The number of ether oxygens (including phenoxy) is 2. The predicted octanol–water partition coefficient (Wildman–Crippen LogP) is 3.04. The van der Waals surface area contributed by atoms with Crippen molar-refractivity contribution in [2.45, 2.75) is 76.4 Å². The van der Waals surface area contributed by atoms with Gasteiger partial charge in [-0.1, -0.05) is 19.4 Å². The molecule has 3 aromatic rings. The molecule has 0 bridgehead atoms. The minimum Gasteiger partial charge on any atom is -0.382 e. The van der Waals surface area contributed by atoms with Gasteiger partial charge in [0.1, 0.15) is 18.3 Å². The number of benzene rings is 1. The summed E-state index contributed by atoms with van der Waals surface area (Å²) < 4.78 is 40.1. The number of alkyl halides is 2. The van der Waals surface area contributed by atoms with Crippen LogP contribution in [0, 0.1) is 5.92 Å². The van der Waals surface area contributed by atoms with Crippen LogP contribution in [0.5, 0.6) is 0 Å². The van der Waals surface area contributed by atoms with E-state index in [4.69, 9.17) is 9.47 Å². The standard InChI is InChI=1S/C38H44F2N8O8/c1-21-4-2-7-27(21)47-33-22(18-25(32(39)40)36(47)53)19-42-38(45-33)43-23-10-13-46(14-11-23)30(50)20-56-17-16-55-15-12-41-26-6-3-5-24-31(26)37(54)48(35(24)52)28-8-9-29(49)44-34(28)51/h3,5-6,18-19,21,23,27-28,32,41H,2,4,7-17,20H2,1H3,(H,42,43,45)(H,44,49,51). The maximum atomic E-state index is 13.8. The molecule has 5 amide bonds. The summed E-state index contributed by atoms with van der Waals surface area (Å²) in [5.74, 6) is -1.99. The van der Waals surface area contributed by atoms with Crippen LogP contribution in [-0.4, -0.2) is 112 Å². The molecule has 1 aromatic carbocycles. The van der Waals surface area contributed by atoms with Crippen molar-refractivity contribution in [3.8, 4) is 0 Å². The first-order valence-corrected chi connectivity index (χ1v) is 19.0. The van der Waals surface area contributed by atoms with Crippen molar-refractivity contribution < 1.29 is 42.2 Å². The van der Waals surface area contributed by atoms with E-state index in [1.165, 1.54) is 22.9 Å². The first-order valence-electron chi connectivity index (χ1n) is 19.0. The van der Waals surface area contributed by atoms with E-state index >= 15 is 0 Å². The summed E-state index contributed by atoms with van der Waals surface area (Å²) in [5.41, 5.74) is -0.138. The molecule has 3 N–H and O–H groups in total. The number of anilines is 2. The number of nitrogens with one attached hydrogen (secondary N) is 3. The fraction of sp³-hybridized carbons (Fsp3) is 0.526. The third kappa shape index (κ3) is 7.98. The van der Waals surface area contributed by atoms with E-state index in [1.54, 1.807) is 17.0 Å². The van der Waals surface area contributed by atoms with Gasteiger partial charge in [0.05, 0.1) is 36.5 Å². The number of fused-ring (bicyclic) bond motifs is 2. The summed E-state index contributed by atoms with van der Waals surface area (Å²) in [6.07, 6.45) is 2.48. The summed E-state index contributed by atoms with van der Waals surface area (Å²) in [4.78, 5) is 87.8. The number of piperidine rings is 2. The zero-order valence-electron chi connectivity index (χ0n) is 30.9. The molecule has 18 heteroatoms. The molecule has 1 saturated carbocycles. The quantitative estimate of drug-likeness (QED) is 0.160. The van der Waals surface area contributed by atoms with Gasteiger partial charge >= 0.3 is 0 Å². The highest BCUT2D eigenvalue weighted by Crippen LogP contribution is 2.37. The average molecular weight is 779 g/mol. The largest absolute Gasteiger partial charge is 0.382 e. The number of likely N-dealkylation sites (tertiary alicyclic amines) is 1. The number of aromatic nitrogens is 3. The maximum Gasteiger partial charge on any atom is 0.269 e. The second-order valence-electron chi connectivity index (χ2n) is 14.6. The minimum atomic E-state index is -2.90. The van der Waals surface area contributed by atoms with Crippen molar-refractivity contribution >= 4 is 52.2 Å².